The van der Waals surface area contributed by atoms with Crippen molar-refractivity contribution in [2.24, 2.45) is 5.73 Å². The molecular weight excluding hydrogens is 402 g/mol. The topological polar surface area (TPSA) is 103 Å². The Morgan fingerprint density at radius 2 is 2.04 bits per heavy atom. The van der Waals surface area contributed by atoms with E-state index in [1.54, 1.807) is 19.4 Å². The number of nitrogens with zero attached hydrogens (tertiary/aromatic N) is 4. The number of hydrogen-bond acceptors (Lipinski definition) is 7. The van der Waals surface area contributed by atoms with Crippen molar-refractivity contribution in [3.63, 3.8) is 0 Å². The number of carbonyl (C=O) groups excluding carboxylic acids is 1. The first-order valence-electron chi connectivity index (χ1n) is 8.23. The Morgan fingerprint density at radius 1 is 1.31 bits per heavy atom. The van der Waals surface area contributed by atoms with Crippen molar-refractivity contribution in [3.05, 3.63) is 34.3 Å². The Bertz CT molecular complexity index is 792. The van der Waals surface area contributed by atoms with Crippen LogP contribution in [0.4, 0.5) is 5.82 Å². The fourth-order valence-electron chi connectivity index (χ4n) is 2.83. The highest BCUT2D eigenvalue weighted by atomic mass is 79.9. The van der Waals surface area contributed by atoms with Gasteiger partial charge in [-0.3, -0.25) is 4.79 Å². The van der Waals surface area contributed by atoms with Crippen LogP contribution in [0.1, 0.15) is 29.0 Å². The number of methoxy groups -OCH3 is 1. The summed E-state index contributed by atoms with van der Waals surface area (Å²) in [6.07, 6.45) is 3.43. The lowest BCUT2D eigenvalue weighted by Crippen LogP contribution is -2.39. The quantitative estimate of drug-likeness (QED) is 0.736. The molecule has 0 bridgehead atoms. The number of anilines is 1. The highest BCUT2D eigenvalue weighted by molar-refractivity contribution is 9.10. The molecule has 2 aromatic heterocycles. The molecule has 1 amide bonds. The molecule has 3 rings (SSSR count). The van der Waals surface area contributed by atoms with Crippen LogP contribution in [0.2, 0.25) is 0 Å². The number of primary amides is 1. The van der Waals surface area contributed by atoms with Crippen LogP contribution in [0.15, 0.2) is 22.9 Å². The minimum absolute atomic E-state index is 0.0140. The lowest BCUT2D eigenvalue weighted by Gasteiger charge is -2.33. The van der Waals surface area contributed by atoms with Gasteiger partial charge in [0, 0.05) is 37.6 Å². The molecule has 8 nitrogen and oxygen atoms in total. The van der Waals surface area contributed by atoms with Crippen LogP contribution in [0, 0.1) is 6.92 Å². The second-order valence-corrected chi connectivity index (χ2v) is 6.74. The normalized spacial score (nSPS) is 15.0. The Labute approximate surface area is 159 Å². The highest BCUT2D eigenvalue weighted by Crippen LogP contribution is 2.27. The summed E-state index contributed by atoms with van der Waals surface area (Å²) in [6, 6.07) is 3.63. The number of halogens is 1. The van der Waals surface area contributed by atoms with E-state index in [9.17, 15) is 4.79 Å². The summed E-state index contributed by atoms with van der Waals surface area (Å²) in [5, 5.41) is 0. The number of pyridine rings is 1. The number of nitrogens with two attached hydrogens (primary N) is 1. The number of ether oxygens (including phenoxy) is 2. The van der Waals surface area contributed by atoms with Crippen LogP contribution in [-0.4, -0.2) is 47.2 Å². The molecule has 3 heterocycles. The van der Waals surface area contributed by atoms with Gasteiger partial charge in [0.15, 0.2) is 0 Å². The standard InChI is InChI=1S/C17H20BrN5O3/c1-10-14(18)21-16(15(19)24)22-17(10)23-7-5-11(6-8-23)26-12-3-4-13(25-2)20-9-12/h3-4,9,11H,5-8H2,1-2H3,(H2,19,24). The summed E-state index contributed by atoms with van der Waals surface area (Å²) in [6.45, 7) is 3.43. The Morgan fingerprint density at radius 3 is 2.62 bits per heavy atom. The number of aromatic nitrogens is 3. The van der Waals surface area contributed by atoms with Crippen molar-refractivity contribution >= 4 is 27.7 Å². The molecule has 0 unspecified atom stereocenters. The molecule has 0 aliphatic carbocycles. The molecule has 26 heavy (non-hydrogen) atoms. The molecule has 0 aromatic carbocycles. The van der Waals surface area contributed by atoms with Crippen LogP contribution < -0.4 is 20.1 Å². The second-order valence-electron chi connectivity index (χ2n) is 5.99. The van der Waals surface area contributed by atoms with Gasteiger partial charge in [0.25, 0.3) is 5.91 Å². The van der Waals surface area contributed by atoms with Gasteiger partial charge in [-0.05, 0) is 28.9 Å². The summed E-state index contributed by atoms with van der Waals surface area (Å²) in [4.78, 5) is 26.1. The fraction of sp³-hybridized carbons (Fsp3) is 0.412. The van der Waals surface area contributed by atoms with Crippen LogP contribution in [0.5, 0.6) is 11.6 Å². The molecule has 1 aliphatic heterocycles. The molecule has 2 N–H and O–H groups in total. The third kappa shape index (κ3) is 4.04. The Kier molecular flexibility index (Phi) is 5.55. The molecule has 9 heteroatoms. The first kappa shape index (κ1) is 18.4. The summed E-state index contributed by atoms with van der Waals surface area (Å²) in [5.74, 6) is 1.38. The number of piperidine rings is 1. The first-order chi connectivity index (χ1) is 12.5. The summed E-state index contributed by atoms with van der Waals surface area (Å²) >= 11 is 3.37. The van der Waals surface area contributed by atoms with Gasteiger partial charge in [0.2, 0.25) is 11.7 Å². The van der Waals surface area contributed by atoms with E-state index in [-0.39, 0.29) is 11.9 Å². The molecule has 138 valence electrons. The van der Waals surface area contributed by atoms with Crippen LogP contribution >= 0.6 is 15.9 Å². The molecule has 1 aliphatic rings. The monoisotopic (exact) mass is 421 g/mol. The van der Waals surface area contributed by atoms with Gasteiger partial charge in [0.1, 0.15) is 22.3 Å². The third-order valence-electron chi connectivity index (χ3n) is 4.24. The summed E-state index contributed by atoms with van der Waals surface area (Å²) < 4.78 is 11.6. The molecule has 2 aromatic rings. The van der Waals surface area contributed by atoms with E-state index >= 15 is 0 Å². The van der Waals surface area contributed by atoms with Crippen LogP contribution in [0.25, 0.3) is 0 Å². The molecule has 0 atom stereocenters. The molecule has 0 radical (unpaired) electrons. The van der Waals surface area contributed by atoms with Crippen molar-refractivity contribution in [2.75, 3.05) is 25.1 Å². The second kappa shape index (κ2) is 7.86. The maximum absolute atomic E-state index is 11.4. The SMILES string of the molecule is COc1ccc(OC2CCN(c3nc(C(N)=O)nc(Br)c3C)CC2)cn1. The van der Waals surface area contributed by atoms with Crippen molar-refractivity contribution in [3.8, 4) is 11.6 Å². The van der Waals surface area contributed by atoms with E-state index < -0.39 is 5.91 Å². The number of rotatable bonds is 5. The highest BCUT2D eigenvalue weighted by Gasteiger charge is 2.24. The van der Waals surface area contributed by atoms with Gasteiger partial charge < -0.3 is 20.1 Å². The van der Waals surface area contributed by atoms with E-state index in [4.69, 9.17) is 15.2 Å². The minimum Gasteiger partial charge on any atom is -0.489 e. The smallest absolute Gasteiger partial charge is 0.286 e. The van der Waals surface area contributed by atoms with Crippen molar-refractivity contribution in [1.29, 1.82) is 0 Å². The van der Waals surface area contributed by atoms with E-state index in [0.29, 0.717) is 10.5 Å². The molecular formula is C17H20BrN5O3. The van der Waals surface area contributed by atoms with Gasteiger partial charge in [-0.15, -0.1) is 0 Å². The fourth-order valence-corrected chi connectivity index (χ4v) is 3.18. The Hall–Kier alpha value is -2.42. The third-order valence-corrected chi connectivity index (χ3v) is 5.02. The van der Waals surface area contributed by atoms with Crippen molar-refractivity contribution in [1.82, 2.24) is 15.0 Å². The minimum atomic E-state index is -0.642. The zero-order valence-corrected chi connectivity index (χ0v) is 16.2. The van der Waals surface area contributed by atoms with Crippen molar-refractivity contribution < 1.29 is 14.3 Å². The van der Waals surface area contributed by atoms with Gasteiger partial charge in [-0.1, -0.05) is 0 Å². The van der Waals surface area contributed by atoms with Gasteiger partial charge in [-0.2, -0.15) is 0 Å². The predicted molar refractivity (Wildman–Crippen MR) is 99.6 cm³/mol. The Balaban J connectivity index is 1.65. The number of hydrogen-bond donors (Lipinski definition) is 1. The maximum Gasteiger partial charge on any atom is 0.286 e. The lowest BCUT2D eigenvalue weighted by atomic mass is 10.1. The largest absolute Gasteiger partial charge is 0.489 e. The van der Waals surface area contributed by atoms with Crippen LogP contribution in [-0.2, 0) is 0 Å². The van der Waals surface area contributed by atoms with Crippen LogP contribution in [0.3, 0.4) is 0 Å². The average molecular weight is 422 g/mol. The lowest BCUT2D eigenvalue weighted by molar-refractivity contribution is 0.0990. The maximum atomic E-state index is 11.4. The zero-order valence-electron chi connectivity index (χ0n) is 14.6. The van der Waals surface area contributed by atoms with Gasteiger partial charge >= 0.3 is 0 Å². The summed E-state index contributed by atoms with van der Waals surface area (Å²) in [7, 11) is 1.58. The average Bonchev–Trinajstić information content (AvgIpc) is 2.65. The van der Waals surface area contributed by atoms with Gasteiger partial charge in [0.05, 0.1) is 13.3 Å². The van der Waals surface area contributed by atoms with Crippen molar-refractivity contribution in [2.45, 2.75) is 25.9 Å². The molecule has 1 saturated heterocycles. The number of carbonyl (C=O) groups is 1. The zero-order chi connectivity index (χ0) is 18.7. The molecule has 0 saturated carbocycles. The molecule has 1 fully saturated rings. The summed E-state index contributed by atoms with van der Waals surface area (Å²) in [5.41, 5.74) is 6.20. The van der Waals surface area contributed by atoms with Gasteiger partial charge in [-0.25, -0.2) is 15.0 Å². The van der Waals surface area contributed by atoms with E-state index in [0.717, 1.165) is 43.1 Å². The molecule has 0 spiro atoms. The predicted octanol–water partition coefficient (Wildman–Crippen LogP) is 2.10. The van der Waals surface area contributed by atoms with E-state index in [2.05, 4.69) is 35.8 Å². The first-order valence-corrected chi connectivity index (χ1v) is 9.03. The number of amides is 1. The van der Waals surface area contributed by atoms with E-state index in [1.165, 1.54) is 0 Å². The van der Waals surface area contributed by atoms with E-state index in [1.807, 2.05) is 13.0 Å².